The second kappa shape index (κ2) is 8.29. The molecule has 0 aromatic heterocycles. The summed E-state index contributed by atoms with van der Waals surface area (Å²) >= 11 is 0. The molecule has 1 aromatic rings. The number of aryl methyl sites for hydroxylation is 1. The maximum atomic E-state index is 5.90. The van der Waals surface area contributed by atoms with Crippen molar-refractivity contribution in [2.45, 2.75) is 19.7 Å². The van der Waals surface area contributed by atoms with Crippen LogP contribution in [0, 0.1) is 6.92 Å². The Kier molecular flexibility index (Phi) is 6.11. The van der Waals surface area contributed by atoms with Crippen LogP contribution in [-0.4, -0.2) is 44.4 Å². The number of nitrogens with zero attached hydrogens (tertiary/aromatic N) is 3. The number of ether oxygens (including phenoxy) is 1. The highest BCUT2D eigenvalue weighted by Gasteiger charge is 2.14. The molecule has 0 N–H and O–H groups in total. The van der Waals surface area contributed by atoms with Gasteiger partial charge in [0.25, 0.3) is 6.35 Å². The van der Waals surface area contributed by atoms with Gasteiger partial charge in [-0.15, -0.1) is 0 Å². The molecule has 1 unspecified atom stereocenters. The van der Waals surface area contributed by atoms with E-state index in [2.05, 4.69) is 16.9 Å². The van der Waals surface area contributed by atoms with E-state index in [0.717, 1.165) is 22.6 Å². The van der Waals surface area contributed by atoms with Crippen LogP contribution < -0.4 is 4.74 Å². The van der Waals surface area contributed by atoms with Gasteiger partial charge in [0.05, 0.1) is 5.71 Å². The molecule has 5 heteroatoms. The summed E-state index contributed by atoms with van der Waals surface area (Å²) in [4.78, 5) is 11.1. The number of allylic oxidation sites excluding steroid dienone is 3. The molecule has 0 aliphatic heterocycles. The van der Waals surface area contributed by atoms with E-state index in [9.17, 15) is 0 Å². The molecule has 0 amide bonds. The van der Waals surface area contributed by atoms with Crippen LogP contribution in [0.25, 0.3) is 0 Å². The number of para-hydroxylation sites is 1. The molecule has 1 atom stereocenters. The van der Waals surface area contributed by atoms with Gasteiger partial charge in [0.15, 0.2) is 0 Å². The van der Waals surface area contributed by atoms with Gasteiger partial charge >= 0.3 is 0 Å². The highest BCUT2D eigenvalue weighted by atomic mass is 16.7. The number of benzene rings is 1. The maximum Gasteiger partial charge on any atom is 0.274 e. The molecule has 0 radical (unpaired) electrons. The normalized spacial score (nSPS) is 17.0. The summed E-state index contributed by atoms with van der Waals surface area (Å²) in [5.41, 5.74) is 2.95. The van der Waals surface area contributed by atoms with Crippen LogP contribution in [0.1, 0.15) is 12.0 Å². The zero-order valence-corrected chi connectivity index (χ0v) is 13.9. The standard InChI is InChI=1S/C18H23N3O2/c1-14-9-5-8-12-17(14)22-13-15-10-6-7-11-16(15)20-23-18(19-2)21(3)4/h5-10,12,18H,2,11,13H2,1,3-4H3. The van der Waals surface area contributed by atoms with Crippen LogP contribution >= 0.6 is 0 Å². The lowest BCUT2D eigenvalue weighted by Crippen LogP contribution is -2.27. The molecule has 0 spiro atoms. The monoisotopic (exact) mass is 313 g/mol. The molecule has 122 valence electrons. The molecule has 0 saturated carbocycles. The topological polar surface area (TPSA) is 46.4 Å². The minimum atomic E-state index is -0.494. The Labute approximate surface area is 137 Å². The van der Waals surface area contributed by atoms with E-state index in [0.29, 0.717) is 13.0 Å². The lowest BCUT2D eigenvalue weighted by Gasteiger charge is -2.19. The van der Waals surface area contributed by atoms with Crippen molar-refractivity contribution in [3.63, 3.8) is 0 Å². The van der Waals surface area contributed by atoms with Crippen molar-refractivity contribution in [3.8, 4) is 5.75 Å². The molecule has 2 rings (SSSR count). The lowest BCUT2D eigenvalue weighted by atomic mass is 10.0. The first-order chi connectivity index (χ1) is 11.1. The molecule has 0 saturated heterocycles. The third-order valence-electron chi connectivity index (χ3n) is 3.45. The van der Waals surface area contributed by atoms with Crippen LogP contribution in [0.2, 0.25) is 0 Å². The van der Waals surface area contributed by atoms with Gasteiger partial charge < -0.3 is 9.57 Å². The second-order valence-corrected chi connectivity index (χ2v) is 5.49. The Balaban J connectivity index is 2.03. The fourth-order valence-corrected chi connectivity index (χ4v) is 2.09. The fraction of sp³-hybridized carbons (Fsp3) is 0.333. The van der Waals surface area contributed by atoms with Crippen LogP contribution in [0.15, 0.2) is 58.2 Å². The summed E-state index contributed by atoms with van der Waals surface area (Å²) in [6.45, 7) is 5.99. The Bertz CT molecular complexity index is 633. The Morgan fingerprint density at radius 3 is 2.78 bits per heavy atom. The molecule has 23 heavy (non-hydrogen) atoms. The summed E-state index contributed by atoms with van der Waals surface area (Å²) in [5.74, 6) is 0.877. The van der Waals surface area contributed by atoms with E-state index >= 15 is 0 Å². The average Bonchev–Trinajstić information content (AvgIpc) is 2.55. The summed E-state index contributed by atoms with van der Waals surface area (Å²) in [6.07, 6.45) is 6.25. The van der Waals surface area contributed by atoms with Crippen molar-refractivity contribution in [2.75, 3.05) is 20.7 Å². The van der Waals surface area contributed by atoms with Crippen molar-refractivity contribution in [1.29, 1.82) is 0 Å². The Morgan fingerprint density at radius 2 is 2.09 bits per heavy atom. The molecular formula is C18H23N3O2. The molecule has 1 aromatic carbocycles. The number of oxime groups is 1. The van der Waals surface area contributed by atoms with Crippen LogP contribution in [0.4, 0.5) is 0 Å². The van der Waals surface area contributed by atoms with Crippen molar-refractivity contribution >= 4 is 12.4 Å². The van der Waals surface area contributed by atoms with Crippen molar-refractivity contribution in [1.82, 2.24) is 4.90 Å². The largest absolute Gasteiger partial charge is 0.489 e. The number of hydrogen-bond donors (Lipinski definition) is 0. The third kappa shape index (κ3) is 4.79. The Morgan fingerprint density at radius 1 is 1.30 bits per heavy atom. The minimum Gasteiger partial charge on any atom is -0.489 e. The first-order valence-corrected chi connectivity index (χ1v) is 7.51. The van der Waals surface area contributed by atoms with E-state index in [1.165, 1.54) is 0 Å². The maximum absolute atomic E-state index is 5.90. The molecule has 5 nitrogen and oxygen atoms in total. The zero-order valence-electron chi connectivity index (χ0n) is 13.9. The van der Waals surface area contributed by atoms with Gasteiger partial charge in [-0.2, -0.15) is 0 Å². The molecule has 1 aliphatic rings. The molecule has 1 aliphatic carbocycles. The average molecular weight is 313 g/mol. The summed E-state index contributed by atoms with van der Waals surface area (Å²) < 4.78 is 5.90. The molecule has 0 bridgehead atoms. The highest BCUT2D eigenvalue weighted by molar-refractivity contribution is 6.02. The van der Waals surface area contributed by atoms with Gasteiger partial charge in [0.2, 0.25) is 0 Å². The predicted molar refractivity (Wildman–Crippen MR) is 94.1 cm³/mol. The number of hydrogen-bond acceptors (Lipinski definition) is 5. The van der Waals surface area contributed by atoms with Gasteiger partial charge in [0, 0.05) is 12.0 Å². The van der Waals surface area contributed by atoms with Gasteiger partial charge in [0.1, 0.15) is 12.4 Å². The third-order valence-corrected chi connectivity index (χ3v) is 3.45. The summed E-state index contributed by atoms with van der Waals surface area (Å²) in [5, 5.41) is 4.23. The van der Waals surface area contributed by atoms with E-state index < -0.39 is 6.35 Å². The van der Waals surface area contributed by atoms with E-state index in [4.69, 9.17) is 9.57 Å². The summed E-state index contributed by atoms with van der Waals surface area (Å²) in [7, 11) is 3.72. The quantitative estimate of drug-likeness (QED) is 0.441. The molecule has 0 fully saturated rings. The number of rotatable bonds is 7. The lowest BCUT2D eigenvalue weighted by molar-refractivity contribution is -0.0262. The van der Waals surface area contributed by atoms with Crippen molar-refractivity contribution in [2.24, 2.45) is 10.1 Å². The van der Waals surface area contributed by atoms with Crippen LogP contribution in [-0.2, 0) is 4.84 Å². The predicted octanol–water partition coefficient (Wildman–Crippen LogP) is 3.18. The highest BCUT2D eigenvalue weighted by Crippen LogP contribution is 2.19. The van der Waals surface area contributed by atoms with E-state index in [-0.39, 0.29) is 0 Å². The SMILES string of the molecule is C=NC(ON=C1CC=CC=C1COc1ccccc1C)N(C)C. The van der Waals surface area contributed by atoms with Gasteiger partial charge in [-0.05, 0) is 39.4 Å². The second-order valence-electron chi connectivity index (χ2n) is 5.49. The van der Waals surface area contributed by atoms with E-state index in [1.807, 2.05) is 63.5 Å². The van der Waals surface area contributed by atoms with E-state index in [1.54, 1.807) is 4.90 Å². The van der Waals surface area contributed by atoms with Gasteiger partial charge in [-0.3, -0.25) is 4.90 Å². The molecule has 0 heterocycles. The van der Waals surface area contributed by atoms with Crippen LogP contribution in [0.3, 0.4) is 0 Å². The molecular weight excluding hydrogens is 290 g/mol. The summed E-state index contributed by atoms with van der Waals surface area (Å²) in [6, 6.07) is 7.95. The van der Waals surface area contributed by atoms with Crippen molar-refractivity contribution in [3.05, 3.63) is 53.6 Å². The smallest absolute Gasteiger partial charge is 0.274 e. The zero-order chi connectivity index (χ0) is 16.7. The first kappa shape index (κ1) is 17.0. The van der Waals surface area contributed by atoms with Crippen molar-refractivity contribution < 1.29 is 9.57 Å². The fourth-order valence-electron chi connectivity index (χ4n) is 2.09. The van der Waals surface area contributed by atoms with Gasteiger partial charge in [-0.25, -0.2) is 4.99 Å². The van der Waals surface area contributed by atoms with Gasteiger partial charge in [-0.1, -0.05) is 41.6 Å². The Hall–Kier alpha value is -2.40. The number of aliphatic imine (C=N–C) groups is 1. The first-order valence-electron chi connectivity index (χ1n) is 7.51. The minimum absolute atomic E-state index is 0.450. The van der Waals surface area contributed by atoms with Crippen LogP contribution in [0.5, 0.6) is 5.75 Å².